The van der Waals surface area contributed by atoms with Gasteiger partial charge in [-0.3, -0.25) is 9.59 Å². The third-order valence-electron chi connectivity index (χ3n) is 3.42. The maximum absolute atomic E-state index is 12.4. The third-order valence-corrected chi connectivity index (χ3v) is 4.20. The number of anilines is 1. The molecule has 1 aromatic carbocycles. The Kier molecular flexibility index (Phi) is 3.98. The number of fused-ring (bicyclic) bond motifs is 1. The lowest BCUT2D eigenvalue weighted by Crippen LogP contribution is -2.31. The van der Waals surface area contributed by atoms with Gasteiger partial charge in [-0.2, -0.15) is 0 Å². The third kappa shape index (κ3) is 2.76. The highest BCUT2D eigenvalue weighted by molar-refractivity contribution is 7.99. The molecule has 110 valence electrons. The van der Waals surface area contributed by atoms with E-state index in [-0.39, 0.29) is 23.8 Å². The molecule has 0 saturated heterocycles. The maximum Gasteiger partial charge on any atom is 0.257 e. The van der Waals surface area contributed by atoms with Crippen molar-refractivity contribution in [1.82, 2.24) is 9.97 Å². The van der Waals surface area contributed by atoms with Gasteiger partial charge in [-0.15, -0.1) is 6.42 Å². The molecule has 0 spiro atoms. The molecule has 1 atom stereocenters. The second kappa shape index (κ2) is 6.08. The second-order valence-electron chi connectivity index (χ2n) is 4.84. The summed E-state index contributed by atoms with van der Waals surface area (Å²) in [5, 5.41) is 3.09. The van der Waals surface area contributed by atoms with Gasteiger partial charge in [0.25, 0.3) is 5.56 Å². The number of aromatic nitrogens is 2. The molecule has 0 radical (unpaired) electrons. The Hall–Kier alpha value is -2.52. The summed E-state index contributed by atoms with van der Waals surface area (Å²) in [6.45, 7) is 0. The summed E-state index contributed by atoms with van der Waals surface area (Å²) in [6.07, 6.45) is 5.45. The zero-order valence-electron chi connectivity index (χ0n) is 11.6. The fourth-order valence-electron chi connectivity index (χ4n) is 2.50. The summed E-state index contributed by atoms with van der Waals surface area (Å²) in [5.74, 6) is 2.77. The molecule has 0 aliphatic carbocycles. The van der Waals surface area contributed by atoms with Crippen molar-refractivity contribution in [1.29, 1.82) is 0 Å². The van der Waals surface area contributed by atoms with Gasteiger partial charge in [0, 0.05) is 12.3 Å². The molecule has 1 aliphatic rings. The Morgan fingerprint density at radius 1 is 1.32 bits per heavy atom. The monoisotopic (exact) mass is 311 g/mol. The van der Waals surface area contributed by atoms with Gasteiger partial charge in [-0.25, -0.2) is 4.98 Å². The van der Waals surface area contributed by atoms with E-state index in [2.05, 4.69) is 21.2 Å². The van der Waals surface area contributed by atoms with Crippen LogP contribution in [-0.2, 0) is 4.79 Å². The van der Waals surface area contributed by atoms with Crippen LogP contribution in [0.1, 0.15) is 23.5 Å². The van der Waals surface area contributed by atoms with Crippen molar-refractivity contribution >= 4 is 23.5 Å². The van der Waals surface area contributed by atoms with Crippen LogP contribution in [0.3, 0.4) is 0 Å². The van der Waals surface area contributed by atoms with Crippen LogP contribution in [-0.4, -0.2) is 21.6 Å². The number of terminal acetylenes is 1. The van der Waals surface area contributed by atoms with Crippen LogP contribution in [0.2, 0.25) is 0 Å². The quantitative estimate of drug-likeness (QED) is 0.516. The van der Waals surface area contributed by atoms with Crippen molar-refractivity contribution in [2.45, 2.75) is 17.5 Å². The first kappa shape index (κ1) is 14.4. The van der Waals surface area contributed by atoms with Crippen LogP contribution in [0.4, 0.5) is 5.82 Å². The van der Waals surface area contributed by atoms with Gasteiger partial charge < -0.3 is 10.3 Å². The minimum atomic E-state index is -0.284. The molecule has 1 aliphatic heterocycles. The summed E-state index contributed by atoms with van der Waals surface area (Å²) >= 11 is 1.25. The van der Waals surface area contributed by atoms with Crippen molar-refractivity contribution in [2.75, 3.05) is 11.1 Å². The Labute approximate surface area is 131 Å². The molecule has 1 amide bonds. The fraction of sp³-hybridized carbons (Fsp3) is 0.188. The highest BCUT2D eigenvalue weighted by atomic mass is 32.2. The number of thioether (sulfide) groups is 1. The van der Waals surface area contributed by atoms with Crippen LogP contribution < -0.4 is 10.9 Å². The van der Waals surface area contributed by atoms with Crippen LogP contribution >= 0.6 is 11.8 Å². The Balaban J connectivity index is 2.08. The van der Waals surface area contributed by atoms with Crippen LogP contribution in [0, 0.1) is 12.3 Å². The Morgan fingerprint density at radius 2 is 2.09 bits per heavy atom. The summed E-state index contributed by atoms with van der Waals surface area (Å²) in [5.41, 5.74) is 1.18. The van der Waals surface area contributed by atoms with Crippen molar-refractivity contribution in [3.8, 4) is 12.3 Å². The first-order chi connectivity index (χ1) is 10.7. The lowest BCUT2D eigenvalue weighted by molar-refractivity contribution is -0.116. The number of hydrogen-bond donors (Lipinski definition) is 2. The molecule has 1 aromatic heterocycles. The average Bonchev–Trinajstić information content (AvgIpc) is 2.52. The van der Waals surface area contributed by atoms with E-state index in [0.29, 0.717) is 22.3 Å². The molecule has 22 heavy (non-hydrogen) atoms. The Bertz CT molecular complexity index is 808. The first-order valence-corrected chi connectivity index (χ1v) is 7.73. The van der Waals surface area contributed by atoms with E-state index in [1.807, 2.05) is 30.3 Å². The number of carbonyl (C=O) groups is 1. The standard InChI is InChI=1S/C16H13N3O2S/c1-2-8-22-16-18-14-13(15(21)19-16)11(9-12(20)17-14)10-6-4-3-5-7-10/h1,3-7,11H,8-9H2,(H2,17,18,19,20,21). The number of H-pyrrole nitrogens is 1. The smallest absolute Gasteiger partial charge is 0.257 e. The largest absolute Gasteiger partial charge is 0.310 e. The molecule has 2 N–H and O–H groups in total. The van der Waals surface area contributed by atoms with Gasteiger partial charge >= 0.3 is 0 Å². The number of benzene rings is 1. The minimum absolute atomic E-state index is 0.146. The van der Waals surface area contributed by atoms with Gasteiger partial charge in [0.05, 0.1) is 11.3 Å². The number of nitrogens with one attached hydrogen (secondary N) is 2. The highest BCUT2D eigenvalue weighted by Crippen LogP contribution is 2.34. The molecule has 6 heteroatoms. The van der Waals surface area contributed by atoms with Crippen LogP contribution in [0.5, 0.6) is 0 Å². The van der Waals surface area contributed by atoms with Crippen molar-refractivity contribution < 1.29 is 4.79 Å². The SMILES string of the molecule is C#CCSc1nc2c(c(=O)[nH]1)C(c1ccccc1)CC(=O)N2. The van der Waals surface area contributed by atoms with E-state index < -0.39 is 0 Å². The summed E-state index contributed by atoms with van der Waals surface area (Å²) < 4.78 is 0. The fourth-order valence-corrected chi connectivity index (χ4v) is 3.04. The zero-order chi connectivity index (χ0) is 15.5. The maximum atomic E-state index is 12.4. The van der Waals surface area contributed by atoms with Crippen molar-refractivity contribution in [3.05, 3.63) is 51.8 Å². The normalized spacial score (nSPS) is 16.5. The molecule has 0 fully saturated rings. The van der Waals surface area contributed by atoms with E-state index in [4.69, 9.17) is 6.42 Å². The molecule has 0 bridgehead atoms. The van der Waals surface area contributed by atoms with Crippen LogP contribution in [0.15, 0.2) is 40.3 Å². The average molecular weight is 311 g/mol. The second-order valence-corrected chi connectivity index (χ2v) is 5.81. The minimum Gasteiger partial charge on any atom is -0.310 e. The molecule has 3 rings (SSSR count). The number of amides is 1. The number of rotatable bonds is 3. The molecular weight excluding hydrogens is 298 g/mol. The van der Waals surface area contributed by atoms with Gasteiger partial charge in [-0.1, -0.05) is 48.0 Å². The van der Waals surface area contributed by atoms with E-state index in [1.54, 1.807) is 0 Å². The van der Waals surface area contributed by atoms with Gasteiger partial charge in [-0.05, 0) is 5.56 Å². The summed E-state index contributed by atoms with van der Waals surface area (Å²) in [4.78, 5) is 31.4. The number of hydrogen-bond acceptors (Lipinski definition) is 4. The molecule has 1 unspecified atom stereocenters. The Morgan fingerprint density at radius 3 is 2.82 bits per heavy atom. The number of nitrogens with zero attached hydrogens (tertiary/aromatic N) is 1. The summed E-state index contributed by atoms with van der Waals surface area (Å²) in [7, 11) is 0. The molecule has 2 aromatic rings. The van der Waals surface area contributed by atoms with Gasteiger partial charge in [0.15, 0.2) is 5.16 Å². The van der Waals surface area contributed by atoms with E-state index >= 15 is 0 Å². The van der Waals surface area contributed by atoms with Gasteiger partial charge in [0.1, 0.15) is 5.82 Å². The molecule has 2 heterocycles. The van der Waals surface area contributed by atoms with E-state index in [9.17, 15) is 9.59 Å². The number of carbonyl (C=O) groups excluding carboxylic acids is 1. The summed E-state index contributed by atoms with van der Waals surface area (Å²) in [6, 6.07) is 9.50. The topological polar surface area (TPSA) is 74.8 Å². The van der Waals surface area contributed by atoms with Crippen molar-refractivity contribution in [2.24, 2.45) is 0 Å². The predicted molar refractivity (Wildman–Crippen MR) is 85.9 cm³/mol. The molecular formula is C16H13N3O2S. The number of aromatic amines is 1. The highest BCUT2D eigenvalue weighted by Gasteiger charge is 2.30. The first-order valence-electron chi connectivity index (χ1n) is 6.74. The van der Waals surface area contributed by atoms with Gasteiger partial charge in [0.2, 0.25) is 5.91 Å². The lowest BCUT2D eigenvalue weighted by Gasteiger charge is -2.24. The molecule has 5 nitrogen and oxygen atoms in total. The van der Waals surface area contributed by atoms with E-state index in [0.717, 1.165) is 5.56 Å². The predicted octanol–water partition coefficient (Wildman–Crippen LogP) is 1.97. The zero-order valence-corrected chi connectivity index (χ0v) is 12.4. The molecule has 0 saturated carbocycles. The van der Waals surface area contributed by atoms with Crippen LogP contribution in [0.25, 0.3) is 0 Å². The van der Waals surface area contributed by atoms with E-state index in [1.165, 1.54) is 11.8 Å². The lowest BCUT2D eigenvalue weighted by atomic mass is 9.87. The van der Waals surface area contributed by atoms with Crippen molar-refractivity contribution in [3.63, 3.8) is 0 Å².